The Balaban J connectivity index is 2.67. The molecule has 1 unspecified atom stereocenters. The fourth-order valence-electron chi connectivity index (χ4n) is 1.41. The van der Waals surface area contributed by atoms with Crippen molar-refractivity contribution in [2.24, 2.45) is 7.05 Å². The average molecular weight is 289 g/mol. The molecule has 1 amide bonds. The maximum Gasteiger partial charge on any atom is 0.270 e. The molecule has 5 heteroatoms. The van der Waals surface area contributed by atoms with Crippen LogP contribution in [0.4, 0.5) is 0 Å². The minimum Gasteiger partial charge on any atom is -0.393 e. The SMILES string of the molecule is CC(O)CCN(C)C(=O)c1cc(Br)cn1C. The maximum absolute atomic E-state index is 12.0. The minimum atomic E-state index is -0.379. The predicted octanol–water partition coefficient (Wildman–Crippen LogP) is 1.63. The number of hydrogen-bond donors (Lipinski definition) is 1. The third-order valence-electron chi connectivity index (χ3n) is 2.42. The van der Waals surface area contributed by atoms with Gasteiger partial charge in [-0.15, -0.1) is 0 Å². The van der Waals surface area contributed by atoms with Crippen LogP contribution in [0.2, 0.25) is 0 Å². The number of aromatic nitrogens is 1. The first-order valence-corrected chi connectivity index (χ1v) is 5.96. The van der Waals surface area contributed by atoms with E-state index in [-0.39, 0.29) is 12.0 Å². The fraction of sp³-hybridized carbons (Fsp3) is 0.545. The standard InChI is InChI=1S/C11H17BrN2O2/c1-8(15)4-5-13(2)11(16)10-6-9(12)7-14(10)3/h6-8,15H,4-5H2,1-3H3. The monoisotopic (exact) mass is 288 g/mol. The lowest BCUT2D eigenvalue weighted by Gasteiger charge is -2.18. The van der Waals surface area contributed by atoms with Crippen molar-refractivity contribution in [1.82, 2.24) is 9.47 Å². The number of amides is 1. The number of halogens is 1. The minimum absolute atomic E-state index is 0.0335. The van der Waals surface area contributed by atoms with Gasteiger partial charge in [-0.05, 0) is 35.3 Å². The number of aliphatic hydroxyl groups excluding tert-OH is 1. The summed E-state index contributed by atoms with van der Waals surface area (Å²) < 4.78 is 2.67. The van der Waals surface area contributed by atoms with E-state index in [0.717, 1.165) is 4.47 Å². The molecule has 1 aromatic heterocycles. The molecule has 0 aliphatic heterocycles. The van der Waals surface area contributed by atoms with Crippen LogP contribution in [-0.4, -0.2) is 40.2 Å². The Morgan fingerprint density at radius 3 is 2.75 bits per heavy atom. The summed E-state index contributed by atoms with van der Waals surface area (Å²) in [4.78, 5) is 13.6. The zero-order valence-corrected chi connectivity index (χ0v) is 11.4. The third-order valence-corrected chi connectivity index (χ3v) is 2.85. The number of carbonyl (C=O) groups excluding carboxylic acids is 1. The van der Waals surface area contributed by atoms with Crippen LogP contribution in [0.15, 0.2) is 16.7 Å². The van der Waals surface area contributed by atoms with Crippen LogP contribution < -0.4 is 0 Å². The van der Waals surface area contributed by atoms with Gasteiger partial charge in [-0.3, -0.25) is 4.79 Å². The number of aliphatic hydroxyl groups is 1. The number of nitrogens with zero attached hydrogens (tertiary/aromatic N) is 2. The molecule has 1 rings (SSSR count). The van der Waals surface area contributed by atoms with Crippen LogP contribution in [0.25, 0.3) is 0 Å². The highest BCUT2D eigenvalue weighted by atomic mass is 79.9. The summed E-state index contributed by atoms with van der Waals surface area (Å²) in [5.74, 6) is -0.0335. The van der Waals surface area contributed by atoms with Crippen molar-refractivity contribution in [2.75, 3.05) is 13.6 Å². The van der Waals surface area contributed by atoms with E-state index in [2.05, 4.69) is 15.9 Å². The van der Waals surface area contributed by atoms with Crippen LogP contribution in [-0.2, 0) is 7.05 Å². The Kier molecular flexibility index (Phi) is 4.56. The smallest absolute Gasteiger partial charge is 0.270 e. The second kappa shape index (κ2) is 5.50. The normalized spacial score (nSPS) is 12.6. The van der Waals surface area contributed by atoms with Crippen molar-refractivity contribution >= 4 is 21.8 Å². The fourth-order valence-corrected chi connectivity index (χ4v) is 1.94. The lowest BCUT2D eigenvalue weighted by Crippen LogP contribution is -2.30. The second-order valence-corrected chi connectivity index (χ2v) is 4.93. The van der Waals surface area contributed by atoms with Gasteiger partial charge in [0.15, 0.2) is 0 Å². The van der Waals surface area contributed by atoms with Gasteiger partial charge in [-0.2, -0.15) is 0 Å². The van der Waals surface area contributed by atoms with E-state index < -0.39 is 0 Å². The zero-order chi connectivity index (χ0) is 12.3. The summed E-state index contributed by atoms with van der Waals surface area (Å²) in [6.45, 7) is 2.27. The quantitative estimate of drug-likeness (QED) is 0.915. The van der Waals surface area contributed by atoms with E-state index in [9.17, 15) is 4.79 Å². The molecule has 0 aliphatic carbocycles. The molecule has 90 valence electrons. The summed E-state index contributed by atoms with van der Waals surface area (Å²) >= 11 is 3.33. The molecule has 0 saturated heterocycles. The molecule has 0 spiro atoms. The molecule has 0 bridgehead atoms. The van der Waals surface area contributed by atoms with E-state index in [4.69, 9.17) is 5.11 Å². The van der Waals surface area contributed by atoms with Gasteiger partial charge in [-0.25, -0.2) is 0 Å². The molecule has 0 radical (unpaired) electrons. The summed E-state index contributed by atoms with van der Waals surface area (Å²) in [7, 11) is 3.58. The molecule has 4 nitrogen and oxygen atoms in total. The van der Waals surface area contributed by atoms with Crippen LogP contribution in [0.1, 0.15) is 23.8 Å². The van der Waals surface area contributed by atoms with E-state index in [1.165, 1.54) is 0 Å². The van der Waals surface area contributed by atoms with Crippen LogP contribution in [0, 0.1) is 0 Å². The Hall–Kier alpha value is -0.810. The summed E-state index contributed by atoms with van der Waals surface area (Å²) in [5.41, 5.74) is 0.639. The highest BCUT2D eigenvalue weighted by molar-refractivity contribution is 9.10. The topological polar surface area (TPSA) is 45.5 Å². The molecule has 0 fully saturated rings. The van der Waals surface area contributed by atoms with Crippen LogP contribution in [0.5, 0.6) is 0 Å². The van der Waals surface area contributed by atoms with E-state index >= 15 is 0 Å². The number of carbonyl (C=O) groups is 1. The number of rotatable bonds is 4. The first-order valence-electron chi connectivity index (χ1n) is 5.17. The predicted molar refractivity (Wildman–Crippen MR) is 66.4 cm³/mol. The molecule has 0 saturated carbocycles. The zero-order valence-electron chi connectivity index (χ0n) is 9.77. The molecule has 0 aromatic carbocycles. The Morgan fingerprint density at radius 2 is 2.31 bits per heavy atom. The van der Waals surface area contributed by atoms with Crippen molar-refractivity contribution in [3.8, 4) is 0 Å². The number of hydrogen-bond acceptors (Lipinski definition) is 2. The van der Waals surface area contributed by atoms with Crippen LogP contribution in [0.3, 0.4) is 0 Å². The third kappa shape index (κ3) is 3.35. The van der Waals surface area contributed by atoms with Gasteiger partial charge in [0.2, 0.25) is 0 Å². The highest BCUT2D eigenvalue weighted by Crippen LogP contribution is 2.15. The van der Waals surface area contributed by atoms with E-state index in [1.807, 2.05) is 13.2 Å². The molecule has 0 aliphatic rings. The van der Waals surface area contributed by atoms with Crippen molar-refractivity contribution in [2.45, 2.75) is 19.4 Å². The largest absolute Gasteiger partial charge is 0.393 e. The molecule has 1 atom stereocenters. The first kappa shape index (κ1) is 13.3. The van der Waals surface area contributed by atoms with Gasteiger partial charge in [0, 0.05) is 31.3 Å². The van der Waals surface area contributed by atoms with Crippen molar-refractivity contribution in [1.29, 1.82) is 0 Å². The highest BCUT2D eigenvalue weighted by Gasteiger charge is 2.15. The Morgan fingerprint density at radius 1 is 1.69 bits per heavy atom. The van der Waals surface area contributed by atoms with Crippen molar-refractivity contribution in [3.63, 3.8) is 0 Å². The molecule has 16 heavy (non-hydrogen) atoms. The molecule has 1 aromatic rings. The van der Waals surface area contributed by atoms with Gasteiger partial charge >= 0.3 is 0 Å². The molecular formula is C11H17BrN2O2. The van der Waals surface area contributed by atoms with E-state index in [1.54, 1.807) is 29.5 Å². The lowest BCUT2D eigenvalue weighted by atomic mass is 10.2. The second-order valence-electron chi connectivity index (χ2n) is 4.02. The van der Waals surface area contributed by atoms with Crippen molar-refractivity contribution < 1.29 is 9.90 Å². The first-order chi connectivity index (χ1) is 7.41. The number of aryl methyl sites for hydroxylation is 1. The van der Waals surface area contributed by atoms with Crippen LogP contribution >= 0.6 is 15.9 Å². The Bertz CT molecular complexity index is 374. The average Bonchev–Trinajstić information content (AvgIpc) is 2.53. The molecule has 1 N–H and O–H groups in total. The van der Waals surface area contributed by atoms with Gasteiger partial charge < -0.3 is 14.6 Å². The van der Waals surface area contributed by atoms with Gasteiger partial charge in [-0.1, -0.05) is 0 Å². The van der Waals surface area contributed by atoms with Gasteiger partial charge in [0.25, 0.3) is 5.91 Å². The summed E-state index contributed by atoms with van der Waals surface area (Å²) in [6, 6.07) is 1.79. The Labute approximate surface area is 104 Å². The van der Waals surface area contributed by atoms with E-state index in [0.29, 0.717) is 18.7 Å². The lowest BCUT2D eigenvalue weighted by molar-refractivity contribution is 0.0759. The summed E-state index contributed by atoms with van der Waals surface area (Å²) in [5, 5.41) is 9.16. The van der Waals surface area contributed by atoms with Gasteiger partial charge in [0.05, 0.1) is 6.10 Å². The molecule has 1 heterocycles. The maximum atomic E-state index is 12.0. The molecular weight excluding hydrogens is 272 g/mol. The summed E-state index contributed by atoms with van der Waals surface area (Å²) in [6.07, 6.45) is 2.05. The van der Waals surface area contributed by atoms with Gasteiger partial charge in [0.1, 0.15) is 5.69 Å². The van der Waals surface area contributed by atoms with Crippen molar-refractivity contribution in [3.05, 3.63) is 22.4 Å².